The van der Waals surface area contributed by atoms with Crippen LogP contribution in [-0.4, -0.2) is 24.7 Å². The summed E-state index contributed by atoms with van der Waals surface area (Å²) in [4.78, 5) is 7.86. The molecule has 0 amide bonds. The average molecular weight is 429 g/mol. The van der Waals surface area contributed by atoms with Crippen LogP contribution in [0.15, 0.2) is 35.2 Å². The Labute approximate surface area is 156 Å². The van der Waals surface area contributed by atoms with Crippen molar-refractivity contribution >= 4 is 21.9 Å². The number of aromatic amines is 1. The summed E-state index contributed by atoms with van der Waals surface area (Å²) < 4.78 is 41.0. The van der Waals surface area contributed by atoms with E-state index in [4.69, 9.17) is 0 Å². The Morgan fingerprint density at radius 1 is 1.19 bits per heavy atom. The Hall–Kier alpha value is -2.36. The van der Waals surface area contributed by atoms with Crippen LogP contribution in [0.3, 0.4) is 0 Å². The van der Waals surface area contributed by atoms with Gasteiger partial charge in [0.1, 0.15) is 5.82 Å². The smallest absolute Gasteiger partial charge is 0.349 e. The second-order valence-electron chi connectivity index (χ2n) is 5.95. The summed E-state index contributed by atoms with van der Waals surface area (Å²) in [5.41, 5.74) is 0.675. The Balaban J connectivity index is 1.80. The zero-order valence-electron chi connectivity index (χ0n) is 14.0. The molecule has 2 N–H and O–H groups in total. The monoisotopic (exact) mass is 428 g/mol. The number of alkyl halides is 3. The van der Waals surface area contributed by atoms with Crippen molar-refractivity contribution in [1.29, 1.82) is 0 Å². The standard InChI is InChI=1S/C16H16BrF3N6/c1-9(2)26-8-12(16(18,19)20)22-13(26)11-5-3-10(4-6-11)7-21-15-23-14(17)24-25-15/h3-6,8-9H,7H2,1-2H3,(H2,21,23,24,25). The van der Waals surface area contributed by atoms with Crippen molar-refractivity contribution in [3.8, 4) is 11.4 Å². The minimum atomic E-state index is -4.47. The number of benzene rings is 1. The zero-order chi connectivity index (χ0) is 18.9. The summed E-state index contributed by atoms with van der Waals surface area (Å²) in [6, 6.07) is 7.03. The fourth-order valence-corrected chi connectivity index (χ4v) is 2.67. The second kappa shape index (κ2) is 7.10. The van der Waals surface area contributed by atoms with Gasteiger partial charge in [-0.2, -0.15) is 18.2 Å². The van der Waals surface area contributed by atoms with Crippen LogP contribution in [0.2, 0.25) is 0 Å². The van der Waals surface area contributed by atoms with Gasteiger partial charge in [0, 0.05) is 24.3 Å². The predicted octanol–water partition coefficient (Wildman–Crippen LogP) is 4.64. The van der Waals surface area contributed by atoms with Gasteiger partial charge in [0.2, 0.25) is 5.95 Å². The van der Waals surface area contributed by atoms with Crippen LogP contribution in [0.5, 0.6) is 0 Å². The Morgan fingerprint density at radius 3 is 2.42 bits per heavy atom. The minimum Gasteiger partial charge on any atom is -0.349 e. The maximum atomic E-state index is 13.0. The SMILES string of the molecule is CC(C)n1cc(C(F)(F)F)nc1-c1ccc(CNc2n[nH]c(Br)n2)cc1. The number of halogens is 4. The lowest BCUT2D eigenvalue weighted by Gasteiger charge is -2.11. The lowest BCUT2D eigenvalue weighted by Crippen LogP contribution is -2.05. The first-order valence-corrected chi connectivity index (χ1v) is 8.60. The van der Waals surface area contributed by atoms with Crippen LogP contribution in [0.25, 0.3) is 11.4 Å². The highest BCUT2D eigenvalue weighted by Crippen LogP contribution is 2.32. The van der Waals surface area contributed by atoms with E-state index in [2.05, 4.69) is 41.4 Å². The number of imidazole rings is 1. The Bertz CT molecular complexity index is 882. The van der Waals surface area contributed by atoms with Gasteiger partial charge in [-0.1, -0.05) is 24.3 Å². The second-order valence-corrected chi connectivity index (χ2v) is 6.70. The van der Waals surface area contributed by atoms with E-state index in [1.54, 1.807) is 12.1 Å². The van der Waals surface area contributed by atoms with E-state index in [-0.39, 0.29) is 6.04 Å². The number of aromatic nitrogens is 5. The van der Waals surface area contributed by atoms with Crippen molar-refractivity contribution in [3.05, 3.63) is 46.5 Å². The molecule has 0 atom stereocenters. The number of H-pyrrole nitrogens is 1. The van der Waals surface area contributed by atoms with Crippen molar-refractivity contribution in [2.45, 2.75) is 32.6 Å². The summed E-state index contributed by atoms with van der Waals surface area (Å²) in [7, 11) is 0. The quantitative estimate of drug-likeness (QED) is 0.620. The molecule has 2 heterocycles. The van der Waals surface area contributed by atoms with Crippen molar-refractivity contribution in [2.24, 2.45) is 0 Å². The third-order valence-electron chi connectivity index (χ3n) is 3.70. The van der Waals surface area contributed by atoms with Crippen LogP contribution in [0.1, 0.15) is 31.1 Å². The first-order valence-electron chi connectivity index (χ1n) is 7.81. The fourth-order valence-electron chi connectivity index (χ4n) is 2.41. The zero-order valence-corrected chi connectivity index (χ0v) is 15.6. The average Bonchev–Trinajstić information content (AvgIpc) is 3.19. The first kappa shape index (κ1) is 18.4. The molecule has 1 aromatic carbocycles. The summed E-state index contributed by atoms with van der Waals surface area (Å²) in [5.74, 6) is 0.746. The fraction of sp³-hybridized carbons (Fsp3) is 0.312. The summed E-state index contributed by atoms with van der Waals surface area (Å²) >= 11 is 3.17. The van der Waals surface area contributed by atoms with Gasteiger partial charge >= 0.3 is 6.18 Å². The van der Waals surface area contributed by atoms with Gasteiger partial charge in [-0.25, -0.2) is 4.98 Å². The van der Waals surface area contributed by atoms with E-state index in [0.29, 0.717) is 28.6 Å². The molecule has 26 heavy (non-hydrogen) atoms. The largest absolute Gasteiger partial charge is 0.434 e. The molecular weight excluding hydrogens is 413 g/mol. The molecule has 0 fully saturated rings. The van der Waals surface area contributed by atoms with Gasteiger partial charge in [-0.15, -0.1) is 5.10 Å². The highest BCUT2D eigenvalue weighted by atomic mass is 79.9. The topological polar surface area (TPSA) is 71.4 Å². The minimum absolute atomic E-state index is 0.140. The molecule has 3 rings (SSSR count). The molecule has 3 aromatic rings. The number of hydrogen-bond donors (Lipinski definition) is 2. The third-order valence-corrected chi connectivity index (χ3v) is 4.05. The van der Waals surface area contributed by atoms with Crippen molar-refractivity contribution < 1.29 is 13.2 Å². The molecule has 0 aliphatic carbocycles. The number of anilines is 1. The lowest BCUT2D eigenvalue weighted by atomic mass is 10.1. The van der Waals surface area contributed by atoms with E-state index < -0.39 is 11.9 Å². The summed E-state index contributed by atoms with van der Waals surface area (Å²) in [5, 5.41) is 9.64. The van der Waals surface area contributed by atoms with Crippen molar-refractivity contribution in [1.82, 2.24) is 24.7 Å². The highest BCUT2D eigenvalue weighted by molar-refractivity contribution is 9.10. The molecule has 0 aliphatic rings. The molecular formula is C16H16BrF3N6. The van der Waals surface area contributed by atoms with E-state index in [1.807, 2.05) is 26.0 Å². The summed E-state index contributed by atoms with van der Waals surface area (Å²) in [6.45, 7) is 4.12. The molecule has 0 aliphatic heterocycles. The highest BCUT2D eigenvalue weighted by Gasteiger charge is 2.35. The summed E-state index contributed by atoms with van der Waals surface area (Å²) in [6.07, 6.45) is -3.42. The van der Waals surface area contributed by atoms with Gasteiger partial charge in [0.15, 0.2) is 10.4 Å². The Morgan fingerprint density at radius 2 is 1.88 bits per heavy atom. The van der Waals surface area contributed by atoms with Gasteiger partial charge in [-0.05, 0) is 35.3 Å². The van der Waals surface area contributed by atoms with Gasteiger partial charge in [-0.3, -0.25) is 5.10 Å². The van der Waals surface area contributed by atoms with E-state index in [1.165, 1.54) is 4.57 Å². The normalized spacial score (nSPS) is 12.0. The van der Waals surface area contributed by atoms with Crippen LogP contribution in [0, 0.1) is 0 Å². The first-order chi connectivity index (χ1) is 12.2. The molecule has 0 bridgehead atoms. The van der Waals surface area contributed by atoms with E-state index in [0.717, 1.165) is 11.8 Å². The van der Waals surface area contributed by atoms with E-state index in [9.17, 15) is 13.2 Å². The van der Waals surface area contributed by atoms with Crippen molar-refractivity contribution in [2.75, 3.05) is 5.32 Å². The maximum absolute atomic E-state index is 13.0. The van der Waals surface area contributed by atoms with Gasteiger partial charge < -0.3 is 9.88 Å². The van der Waals surface area contributed by atoms with Crippen LogP contribution < -0.4 is 5.32 Å². The predicted molar refractivity (Wildman–Crippen MR) is 94.5 cm³/mol. The molecule has 10 heteroatoms. The maximum Gasteiger partial charge on any atom is 0.434 e. The van der Waals surface area contributed by atoms with Crippen molar-refractivity contribution in [3.63, 3.8) is 0 Å². The Kier molecular flexibility index (Phi) is 5.03. The number of rotatable bonds is 5. The molecule has 6 nitrogen and oxygen atoms in total. The number of hydrogen-bond acceptors (Lipinski definition) is 4. The molecule has 0 radical (unpaired) electrons. The van der Waals surface area contributed by atoms with Gasteiger partial charge in [0.25, 0.3) is 0 Å². The number of nitrogens with one attached hydrogen (secondary N) is 2. The van der Waals surface area contributed by atoms with Crippen LogP contribution >= 0.6 is 15.9 Å². The molecule has 0 saturated carbocycles. The molecule has 2 aromatic heterocycles. The van der Waals surface area contributed by atoms with Crippen LogP contribution in [-0.2, 0) is 12.7 Å². The van der Waals surface area contributed by atoms with Crippen LogP contribution in [0.4, 0.5) is 19.1 Å². The van der Waals surface area contributed by atoms with Gasteiger partial charge in [0.05, 0.1) is 0 Å². The lowest BCUT2D eigenvalue weighted by molar-refractivity contribution is -0.140. The molecule has 138 valence electrons. The molecule has 0 spiro atoms. The number of nitrogens with zero attached hydrogens (tertiary/aromatic N) is 4. The van der Waals surface area contributed by atoms with E-state index >= 15 is 0 Å². The molecule has 0 saturated heterocycles. The third kappa shape index (κ3) is 4.06. The molecule has 0 unspecified atom stereocenters.